The second-order valence-corrected chi connectivity index (χ2v) is 7.64. The number of hydrogen-bond donors (Lipinski definition) is 2. The van der Waals surface area contributed by atoms with Crippen LogP contribution in [0.5, 0.6) is 11.5 Å². The first-order chi connectivity index (χ1) is 15.6. The van der Waals surface area contributed by atoms with Crippen LogP contribution in [-0.4, -0.2) is 33.6 Å². The molecule has 0 amide bonds. The minimum Gasteiger partial charge on any atom is -0.463 e. The predicted octanol–water partition coefficient (Wildman–Crippen LogP) is 5.40. The van der Waals surface area contributed by atoms with Crippen molar-refractivity contribution in [2.24, 2.45) is 4.99 Å². The number of hydrogen-bond acceptors (Lipinski definition) is 8. The molecule has 2 aromatic carbocycles. The third-order valence-electron chi connectivity index (χ3n) is 4.74. The maximum absolute atomic E-state index is 6.44. The van der Waals surface area contributed by atoms with Crippen LogP contribution < -0.4 is 15.4 Å². The van der Waals surface area contributed by atoms with E-state index >= 15 is 0 Å². The largest absolute Gasteiger partial charge is 0.463 e. The van der Waals surface area contributed by atoms with Crippen LogP contribution in [0.25, 0.3) is 10.9 Å². The maximum Gasteiger partial charge on any atom is 0.289 e. The molecular weight excluding hydrogens is 428 g/mol. The molecule has 9 heteroatoms. The van der Waals surface area contributed by atoms with Gasteiger partial charge in [0.15, 0.2) is 0 Å². The summed E-state index contributed by atoms with van der Waals surface area (Å²) in [6.07, 6.45) is 4.83. The Hall–Kier alpha value is -3.91. The molecule has 1 atom stereocenters. The van der Waals surface area contributed by atoms with E-state index in [2.05, 4.69) is 30.6 Å². The molecule has 1 aliphatic rings. The van der Waals surface area contributed by atoms with Gasteiger partial charge in [0.25, 0.3) is 6.02 Å². The lowest BCUT2D eigenvalue weighted by atomic mass is 10.2. The van der Waals surface area contributed by atoms with Crippen molar-refractivity contribution < 1.29 is 9.47 Å². The van der Waals surface area contributed by atoms with Gasteiger partial charge in [0, 0.05) is 23.0 Å². The van der Waals surface area contributed by atoms with Gasteiger partial charge in [0.05, 0.1) is 22.8 Å². The van der Waals surface area contributed by atoms with Gasteiger partial charge in [-0.3, -0.25) is 4.98 Å². The number of rotatable bonds is 5. The van der Waals surface area contributed by atoms with E-state index in [1.54, 1.807) is 30.6 Å². The van der Waals surface area contributed by atoms with E-state index in [0.717, 1.165) is 22.3 Å². The first-order valence-corrected chi connectivity index (χ1v) is 10.4. The Kier molecular flexibility index (Phi) is 5.43. The van der Waals surface area contributed by atoms with Gasteiger partial charge in [-0.2, -0.15) is 0 Å². The Morgan fingerprint density at radius 1 is 1.06 bits per heavy atom. The molecule has 0 saturated carbocycles. The smallest absolute Gasteiger partial charge is 0.289 e. The molecule has 4 aromatic rings. The summed E-state index contributed by atoms with van der Waals surface area (Å²) in [7, 11) is 0. The number of nitrogens with one attached hydrogen (secondary N) is 2. The molecule has 1 aliphatic heterocycles. The van der Waals surface area contributed by atoms with Gasteiger partial charge in [-0.05, 0) is 55.5 Å². The predicted molar refractivity (Wildman–Crippen MR) is 125 cm³/mol. The summed E-state index contributed by atoms with van der Waals surface area (Å²) in [5.74, 6) is 1.80. The van der Waals surface area contributed by atoms with Crippen molar-refractivity contribution in [2.75, 3.05) is 17.2 Å². The van der Waals surface area contributed by atoms with Crippen LogP contribution in [-0.2, 0) is 4.74 Å². The number of anilines is 3. The molecule has 5 rings (SSSR count). The normalized spacial score (nSPS) is 15.2. The van der Waals surface area contributed by atoms with Crippen LogP contribution in [0.15, 0.2) is 72.2 Å². The number of amidine groups is 1. The highest BCUT2D eigenvalue weighted by Crippen LogP contribution is 2.33. The number of pyridine rings is 1. The second-order valence-electron chi connectivity index (χ2n) is 7.23. The van der Waals surface area contributed by atoms with Crippen molar-refractivity contribution in [3.05, 3.63) is 72.3 Å². The minimum atomic E-state index is 0.147. The van der Waals surface area contributed by atoms with E-state index in [1.165, 1.54) is 6.33 Å². The molecule has 0 aliphatic carbocycles. The van der Waals surface area contributed by atoms with Gasteiger partial charge in [-0.1, -0.05) is 11.6 Å². The van der Waals surface area contributed by atoms with Crippen molar-refractivity contribution in [1.82, 2.24) is 15.0 Å². The third-order valence-corrected chi connectivity index (χ3v) is 5.04. The van der Waals surface area contributed by atoms with Crippen LogP contribution >= 0.6 is 11.6 Å². The molecule has 0 spiro atoms. The number of fused-ring (bicyclic) bond motifs is 1. The number of nitrogens with zero attached hydrogens (tertiary/aromatic N) is 4. The molecule has 0 bridgehead atoms. The number of aromatic nitrogens is 3. The first kappa shape index (κ1) is 20.0. The van der Waals surface area contributed by atoms with Crippen molar-refractivity contribution in [3.8, 4) is 11.5 Å². The van der Waals surface area contributed by atoms with Crippen LogP contribution in [0.3, 0.4) is 0 Å². The van der Waals surface area contributed by atoms with Crippen LogP contribution in [0, 0.1) is 0 Å². The van der Waals surface area contributed by atoms with Gasteiger partial charge < -0.3 is 20.1 Å². The van der Waals surface area contributed by atoms with Crippen LogP contribution in [0.4, 0.5) is 17.2 Å². The summed E-state index contributed by atoms with van der Waals surface area (Å²) in [4.78, 5) is 17.2. The molecule has 0 fully saturated rings. The van der Waals surface area contributed by atoms with Crippen molar-refractivity contribution in [3.63, 3.8) is 0 Å². The first-order valence-electron chi connectivity index (χ1n) is 10.0. The quantitative estimate of drug-likeness (QED) is 0.423. The van der Waals surface area contributed by atoms with Crippen molar-refractivity contribution >= 4 is 45.7 Å². The average molecular weight is 447 g/mol. The number of benzene rings is 2. The van der Waals surface area contributed by atoms with Crippen molar-refractivity contribution in [2.45, 2.75) is 13.0 Å². The fourth-order valence-corrected chi connectivity index (χ4v) is 3.45. The third kappa shape index (κ3) is 4.40. The van der Waals surface area contributed by atoms with E-state index in [1.807, 2.05) is 37.3 Å². The fourth-order valence-electron chi connectivity index (χ4n) is 3.23. The van der Waals surface area contributed by atoms with Crippen LogP contribution in [0.1, 0.15) is 6.92 Å². The molecule has 32 heavy (non-hydrogen) atoms. The summed E-state index contributed by atoms with van der Waals surface area (Å²) in [5, 5.41) is 7.82. The van der Waals surface area contributed by atoms with Crippen LogP contribution in [0.2, 0.25) is 5.02 Å². The van der Waals surface area contributed by atoms with Gasteiger partial charge in [-0.15, -0.1) is 0 Å². The molecule has 8 nitrogen and oxygen atoms in total. The SMILES string of the molecule is CC1COC(Nc2ccc3ncnc(Nc4ccc(Oc5cccnc5)c(Cl)c4)c3c2)=N1. The topological polar surface area (TPSA) is 93.5 Å². The van der Waals surface area contributed by atoms with Crippen molar-refractivity contribution in [1.29, 1.82) is 0 Å². The fraction of sp³-hybridized carbons (Fsp3) is 0.130. The lowest BCUT2D eigenvalue weighted by Gasteiger charge is -2.12. The highest BCUT2D eigenvalue weighted by Gasteiger charge is 2.15. The van der Waals surface area contributed by atoms with Gasteiger partial charge in [-0.25, -0.2) is 15.0 Å². The Balaban J connectivity index is 1.39. The molecule has 2 aromatic heterocycles. The number of halogens is 1. The highest BCUT2D eigenvalue weighted by molar-refractivity contribution is 6.32. The summed E-state index contributed by atoms with van der Waals surface area (Å²) in [6.45, 7) is 2.58. The van der Waals surface area contributed by atoms with E-state index in [-0.39, 0.29) is 6.04 Å². The molecule has 0 radical (unpaired) electrons. The van der Waals surface area contributed by atoms with Gasteiger partial charge >= 0.3 is 0 Å². The van der Waals surface area contributed by atoms with E-state index in [9.17, 15) is 0 Å². The maximum atomic E-state index is 6.44. The summed E-state index contributed by atoms with van der Waals surface area (Å²) < 4.78 is 11.3. The lowest BCUT2D eigenvalue weighted by molar-refractivity contribution is 0.322. The average Bonchev–Trinajstić information content (AvgIpc) is 3.21. The zero-order chi connectivity index (χ0) is 21.9. The zero-order valence-corrected chi connectivity index (χ0v) is 17.9. The molecule has 160 valence electrons. The van der Waals surface area contributed by atoms with E-state index < -0.39 is 0 Å². The molecular formula is C23H19ClN6O2. The minimum absolute atomic E-state index is 0.147. The molecule has 1 unspecified atom stereocenters. The van der Waals surface area contributed by atoms with Gasteiger partial charge in [0.1, 0.15) is 30.3 Å². The van der Waals surface area contributed by atoms with E-state index in [0.29, 0.717) is 35.0 Å². The molecule has 3 heterocycles. The Morgan fingerprint density at radius 2 is 1.94 bits per heavy atom. The summed E-state index contributed by atoms with van der Waals surface area (Å²) >= 11 is 6.44. The Bertz CT molecular complexity index is 1300. The molecule has 2 N–H and O–H groups in total. The number of ether oxygens (including phenoxy) is 2. The summed E-state index contributed by atoms with van der Waals surface area (Å²) in [5.41, 5.74) is 2.41. The zero-order valence-electron chi connectivity index (χ0n) is 17.1. The second kappa shape index (κ2) is 8.68. The Labute approximate surface area is 189 Å². The summed E-state index contributed by atoms with van der Waals surface area (Å²) in [6, 6.07) is 15.5. The Morgan fingerprint density at radius 3 is 2.72 bits per heavy atom. The highest BCUT2D eigenvalue weighted by atomic mass is 35.5. The molecule has 0 saturated heterocycles. The van der Waals surface area contributed by atoms with E-state index in [4.69, 9.17) is 21.1 Å². The van der Waals surface area contributed by atoms with Gasteiger partial charge in [0.2, 0.25) is 0 Å². The number of aliphatic imine (C=N–C) groups is 1. The lowest BCUT2D eigenvalue weighted by Crippen LogP contribution is -2.11. The monoisotopic (exact) mass is 446 g/mol. The standard InChI is InChI=1S/C23H19ClN6O2/c1-14-12-31-23(28-14)30-15-4-6-20-18(9-15)22(27-13-26-20)29-16-5-7-21(19(24)10-16)32-17-3-2-8-25-11-17/h2-11,13-14H,12H2,1H3,(H,28,30)(H,26,27,29).